The Morgan fingerprint density at radius 1 is 1.33 bits per heavy atom. The van der Waals surface area contributed by atoms with E-state index in [1.807, 2.05) is 12.1 Å². The van der Waals surface area contributed by atoms with Gasteiger partial charge in [0.1, 0.15) is 0 Å². The number of nitrogens with one attached hydrogen (secondary N) is 2. The van der Waals surface area contributed by atoms with Crippen LogP contribution in [0.3, 0.4) is 0 Å². The lowest BCUT2D eigenvalue weighted by Gasteiger charge is -2.08. The molecule has 1 aromatic heterocycles. The van der Waals surface area contributed by atoms with Crippen molar-refractivity contribution in [2.75, 3.05) is 19.6 Å². The van der Waals surface area contributed by atoms with Gasteiger partial charge in [0.2, 0.25) is 17.6 Å². The number of carbonyl (C=O) groups excluding carboxylic acids is 1. The highest BCUT2D eigenvalue weighted by Gasteiger charge is 2.15. The van der Waals surface area contributed by atoms with Crippen LogP contribution in [0, 0.1) is 5.92 Å². The van der Waals surface area contributed by atoms with Crippen LogP contribution in [0.1, 0.15) is 50.5 Å². The van der Waals surface area contributed by atoms with Gasteiger partial charge in [-0.25, -0.2) is 0 Å². The monoisotopic (exact) mass is 392 g/mol. The first-order valence-electron chi connectivity index (χ1n) is 9.52. The van der Waals surface area contributed by atoms with E-state index in [2.05, 4.69) is 46.8 Å². The first kappa shape index (κ1) is 21.4. The Morgan fingerprint density at radius 2 is 2.11 bits per heavy atom. The number of aryl methyl sites for hydroxylation is 1. The highest BCUT2D eigenvalue weighted by atomic mass is 35.5. The molecule has 1 saturated heterocycles. The van der Waals surface area contributed by atoms with E-state index in [9.17, 15) is 4.79 Å². The number of hydrogen-bond acceptors (Lipinski definition) is 5. The van der Waals surface area contributed by atoms with Gasteiger partial charge in [-0.3, -0.25) is 4.79 Å². The number of halogens is 1. The molecule has 1 atom stereocenters. The summed E-state index contributed by atoms with van der Waals surface area (Å²) in [6.07, 6.45) is 3.08. The van der Waals surface area contributed by atoms with E-state index in [1.165, 1.54) is 12.0 Å². The van der Waals surface area contributed by atoms with Gasteiger partial charge in [0, 0.05) is 24.9 Å². The third-order valence-electron chi connectivity index (χ3n) is 4.91. The van der Waals surface area contributed by atoms with Crippen LogP contribution in [0.25, 0.3) is 11.4 Å². The summed E-state index contributed by atoms with van der Waals surface area (Å²) < 4.78 is 5.28. The van der Waals surface area contributed by atoms with Gasteiger partial charge in [-0.2, -0.15) is 4.98 Å². The molecule has 3 rings (SSSR count). The van der Waals surface area contributed by atoms with Gasteiger partial charge in [0.05, 0.1) is 0 Å². The SMILES string of the molecule is CC(C)c1ccc(-c2noc(CCC(=O)NCCC3CCNC3)n2)cc1.Cl. The molecule has 1 aromatic carbocycles. The smallest absolute Gasteiger partial charge is 0.227 e. The normalized spacial score (nSPS) is 16.3. The van der Waals surface area contributed by atoms with Crippen molar-refractivity contribution in [3.8, 4) is 11.4 Å². The molecule has 2 aromatic rings. The lowest BCUT2D eigenvalue weighted by Crippen LogP contribution is -2.26. The summed E-state index contributed by atoms with van der Waals surface area (Å²) in [5.41, 5.74) is 2.21. The Kier molecular flexibility index (Phi) is 8.25. The van der Waals surface area contributed by atoms with Crippen molar-refractivity contribution >= 4 is 18.3 Å². The zero-order valence-corrected chi connectivity index (χ0v) is 16.8. The fraction of sp³-hybridized carbons (Fsp3) is 0.550. The second kappa shape index (κ2) is 10.4. The van der Waals surface area contributed by atoms with E-state index in [0.29, 0.717) is 36.4 Å². The van der Waals surface area contributed by atoms with Gasteiger partial charge in [-0.1, -0.05) is 43.3 Å². The van der Waals surface area contributed by atoms with Crippen LogP contribution in [-0.4, -0.2) is 35.7 Å². The van der Waals surface area contributed by atoms with Crippen molar-refractivity contribution in [2.45, 2.75) is 45.4 Å². The third-order valence-corrected chi connectivity index (χ3v) is 4.91. The zero-order chi connectivity index (χ0) is 18.4. The summed E-state index contributed by atoms with van der Waals surface area (Å²) in [6, 6.07) is 8.19. The van der Waals surface area contributed by atoms with Crippen LogP contribution in [0.2, 0.25) is 0 Å². The minimum absolute atomic E-state index is 0. The zero-order valence-electron chi connectivity index (χ0n) is 16.0. The molecule has 0 aliphatic carbocycles. The number of nitrogens with zero attached hydrogens (tertiary/aromatic N) is 2. The average molecular weight is 393 g/mol. The molecule has 1 unspecified atom stereocenters. The Bertz CT molecular complexity index is 709. The fourth-order valence-electron chi connectivity index (χ4n) is 3.18. The number of amides is 1. The number of benzene rings is 1. The largest absolute Gasteiger partial charge is 0.356 e. The molecule has 0 bridgehead atoms. The minimum atomic E-state index is 0. The maximum Gasteiger partial charge on any atom is 0.227 e. The highest BCUT2D eigenvalue weighted by Crippen LogP contribution is 2.20. The van der Waals surface area contributed by atoms with Crippen molar-refractivity contribution in [3.63, 3.8) is 0 Å². The van der Waals surface area contributed by atoms with E-state index in [-0.39, 0.29) is 18.3 Å². The van der Waals surface area contributed by atoms with Crippen LogP contribution in [0.5, 0.6) is 0 Å². The van der Waals surface area contributed by atoms with Crippen molar-refractivity contribution in [1.29, 1.82) is 0 Å². The molecule has 1 amide bonds. The predicted octanol–water partition coefficient (Wildman–Crippen LogP) is 3.33. The van der Waals surface area contributed by atoms with Crippen LogP contribution in [0.15, 0.2) is 28.8 Å². The van der Waals surface area contributed by atoms with E-state index < -0.39 is 0 Å². The van der Waals surface area contributed by atoms with Gasteiger partial charge in [-0.15, -0.1) is 12.4 Å². The highest BCUT2D eigenvalue weighted by molar-refractivity contribution is 5.85. The van der Waals surface area contributed by atoms with E-state index >= 15 is 0 Å². The van der Waals surface area contributed by atoms with Crippen LogP contribution < -0.4 is 10.6 Å². The van der Waals surface area contributed by atoms with E-state index in [4.69, 9.17) is 4.52 Å². The summed E-state index contributed by atoms with van der Waals surface area (Å²) in [6.45, 7) is 7.23. The van der Waals surface area contributed by atoms with Crippen molar-refractivity contribution in [1.82, 2.24) is 20.8 Å². The summed E-state index contributed by atoms with van der Waals surface area (Å²) in [5.74, 6) is 2.30. The summed E-state index contributed by atoms with van der Waals surface area (Å²) in [7, 11) is 0. The molecule has 0 radical (unpaired) electrons. The molecule has 148 valence electrons. The average Bonchev–Trinajstić information content (AvgIpc) is 3.32. The molecule has 7 heteroatoms. The number of carbonyl (C=O) groups is 1. The van der Waals surface area contributed by atoms with Crippen molar-refractivity contribution in [2.24, 2.45) is 5.92 Å². The number of rotatable bonds is 8. The predicted molar refractivity (Wildman–Crippen MR) is 108 cm³/mol. The topological polar surface area (TPSA) is 80.0 Å². The first-order valence-corrected chi connectivity index (χ1v) is 9.52. The van der Waals surface area contributed by atoms with Gasteiger partial charge in [0.25, 0.3) is 0 Å². The molecule has 0 spiro atoms. The lowest BCUT2D eigenvalue weighted by molar-refractivity contribution is -0.121. The minimum Gasteiger partial charge on any atom is -0.356 e. The van der Waals surface area contributed by atoms with Crippen LogP contribution >= 0.6 is 12.4 Å². The standard InChI is InChI=1S/C20H28N4O2.ClH/c1-14(2)16-3-5-17(6-4-16)20-23-19(26-24-20)8-7-18(25)22-12-10-15-9-11-21-13-15;/h3-6,14-15,21H,7-13H2,1-2H3,(H,22,25);1H. The van der Waals surface area contributed by atoms with Gasteiger partial charge >= 0.3 is 0 Å². The molecular formula is C20H29ClN4O2. The second-order valence-corrected chi connectivity index (χ2v) is 7.29. The fourth-order valence-corrected chi connectivity index (χ4v) is 3.18. The summed E-state index contributed by atoms with van der Waals surface area (Å²) >= 11 is 0. The maximum absolute atomic E-state index is 12.0. The molecule has 1 aliphatic heterocycles. The van der Waals surface area contributed by atoms with Crippen LogP contribution in [-0.2, 0) is 11.2 Å². The number of aromatic nitrogens is 2. The maximum atomic E-state index is 12.0. The molecule has 2 N–H and O–H groups in total. The first-order chi connectivity index (χ1) is 12.6. The Morgan fingerprint density at radius 3 is 2.78 bits per heavy atom. The van der Waals surface area contributed by atoms with Gasteiger partial charge in [0.15, 0.2) is 0 Å². The molecule has 27 heavy (non-hydrogen) atoms. The van der Waals surface area contributed by atoms with Gasteiger partial charge < -0.3 is 15.2 Å². The Balaban J connectivity index is 0.00000261. The summed E-state index contributed by atoms with van der Waals surface area (Å²) in [5, 5.41) is 10.3. The van der Waals surface area contributed by atoms with Gasteiger partial charge in [-0.05, 0) is 43.3 Å². The molecule has 1 fully saturated rings. The second-order valence-electron chi connectivity index (χ2n) is 7.29. The van der Waals surface area contributed by atoms with Crippen LogP contribution in [0.4, 0.5) is 0 Å². The van der Waals surface area contributed by atoms with Crippen molar-refractivity contribution in [3.05, 3.63) is 35.7 Å². The Hall–Kier alpha value is -1.92. The Labute approximate surface area is 166 Å². The molecule has 1 aliphatic rings. The molecule has 2 heterocycles. The third kappa shape index (κ3) is 6.33. The molecule has 0 saturated carbocycles. The van der Waals surface area contributed by atoms with Crippen molar-refractivity contribution < 1.29 is 9.32 Å². The number of hydrogen-bond donors (Lipinski definition) is 2. The van der Waals surface area contributed by atoms with E-state index in [1.54, 1.807) is 0 Å². The molecule has 6 nitrogen and oxygen atoms in total. The molecular weight excluding hydrogens is 364 g/mol. The summed E-state index contributed by atoms with van der Waals surface area (Å²) in [4.78, 5) is 16.4. The quantitative estimate of drug-likeness (QED) is 0.720. The van der Waals surface area contributed by atoms with E-state index in [0.717, 1.165) is 31.6 Å². The lowest BCUT2D eigenvalue weighted by atomic mass is 10.0.